The summed E-state index contributed by atoms with van der Waals surface area (Å²) in [6.07, 6.45) is 2.99. The molecule has 3 aliphatic rings. The molecule has 192 valence electrons. The summed E-state index contributed by atoms with van der Waals surface area (Å²) in [5, 5.41) is 9.95. The zero-order valence-corrected chi connectivity index (χ0v) is 21.3. The maximum atomic E-state index is 13.2. The van der Waals surface area contributed by atoms with Gasteiger partial charge in [-0.1, -0.05) is 23.7 Å². The summed E-state index contributed by atoms with van der Waals surface area (Å²) in [5.41, 5.74) is 2.91. The maximum absolute atomic E-state index is 13.2. The van der Waals surface area contributed by atoms with Crippen molar-refractivity contribution in [2.75, 3.05) is 6.54 Å². The highest BCUT2D eigenvalue weighted by Crippen LogP contribution is 2.49. The lowest BCUT2D eigenvalue weighted by Crippen LogP contribution is -2.41. The number of halogens is 1. The number of carbonyl (C=O) groups excluding carboxylic acids is 2. The highest BCUT2D eigenvalue weighted by molar-refractivity contribution is 7.87. The van der Waals surface area contributed by atoms with Crippen LogP contribution in [-0.4, -0.2) is 42.5 Å². The lowest BCUT2D eigenvalue weighted by atomic mass is 9.71. The first-order chi connectivity index (χ1) is 17.7. The normalized spacial score (nSPS) is 18.6. The van der Waals surface area contributed by atoms with Crippen molar-refractivity contribution in [2.24, 2.45) is 0 Å². The number of aliphatic carboxylic acids is 1. The van der Waals surface area contributed by atoms with Gasteiger partial charge in [-0.2, -0.15) is 8.42 Å². The number of carboxylic acid groups (broad SMARTS) is 1. The van der Waals surface area contributed by atoms with Gasteiger partial charge in [0.25, 0.3) is 0 Å². The van der Waals surface area contributed by atoms with E-state index >= 15 is 0 Å². The van der Waals surface area contributed by atoms with Gasteiger partial charge in [-0.15, -0.1) is 0 Å². The van der Waals surface area contributed by atoms with E-state index in [9.17, 15) is 27.9 Å². The maximum Gasteiger partial charge on any atom is 0.339 e. The zero-order chi connectivity index (χ0) is 26.3. The Bertz CT molecular complexity index is 1410. The van der Waals surface area contributed by atoms with Crippen LogP contribution in [0.25, 0.3) is 0 Å². The minimum atomic E-state index is -4.09. The Balaban J connectivity index is 1.54. The number of benzene rings is 2. The van der Waals surface area contributed by atoms with E-state index < -0.39 is 22.0 Å². The smallest absolute Gasteiger partial charge is 0.339 e. The average molecular weight is 542 g/mol. The molecule has 2 aromatic carbocycles. The standard InChI is InChI=1S/C27H24ClNO7S/c28-17-9-13-19(14-10-17)37(34,35)36-18-11-7-16(8-12-18)25-26-20(3-1-5-22(26)30)29(15-24(32)33)21-4-2-6-23(31)27(21)25/h7-14,25H,1-6,15H2,(H,32,33). The molecule has 10 heteroatoms. The lowest BCUT2D eigenvalue weighted by molar-refractivity contribution is -0.138. The topological polar surface area (TPSA) is 118 Å². The molecule has 2 aromatic rings. The summed E-state index contributed by atoms with van der Waals surface area (Å²) in [7, 11) is -4.09. The summed E-state index contributed by atoms with van der Waals surface area (Å²) < 4.78 is 30.6. The van der Waals surface area contributed by atoms with Crippen molar-refractivity contribution in [2.45, 2.75) is 49.3 Å². The summed E-state index contributed by atoms with van der Waals surface area (Å²) in [6, 6.07) is 11.9. The summed E-state index contributed by atoms with van der Waals surface area (Å²) in [6.45, 7) is -0.305. The predicted octanol–water partition coefficient (Wildman–Crippen LogP) is 4.61. The van der Waals surface area contributed by atoms with Gasteiger partial charge in [0.15, 0.2) is 11.6 Å². The number of carbonyl (C=O) groups is 3. The number of hydrogen-bond acceptors (Lipinski definition) is 7. The van der Waals surface area contributed by atoms with E-state index in [1.54, 1.807) is 17.0 Å². The molecule has 8 nitrogen and oxygen atoms in total. The van der Waals surface area contributed by atoms with Crippen molar-refractivity contribution in [1.29, 1.82) is 0 Å². The largest absolute Gasteiger partial charge is 0.480 e. The number of rotatable bonds is 6. The van der Waals surface area contributed by atoms with Gasteiger partial charge in [0, 0.05) is 46.3 Å². The molecule has 1 aliphatic heterocycles. The Morgan fingerprint density at radius 2 is 1.43 bits per heavy atom. The number of carboxylic acids is 1. The third kappa shape index (κ3) is 4.81. The molecule has 0 unspecified atom stereocenters. The summed E-state index contributed by atoms with van der Waals surface area (Å²) in [5.74, 6) is -1.78. The average Bonchev–Trinajstić information content (AvgIpc) is 2.85. The first-order valence-corrected chi connectivity index (χ1v) is 13.8. The molecule has 0 radical (unpaired) electrons. The second-order valence-corrected chi connectivity index (χ2v) is 11.2. The first kappa shape index (κ1) is 25.2. The van der Waals surface area contributed by atoms with Gasteiger partial charge >= 0.3 is 16.1 Å². The van der Waals surface area contributed by atoms with Crippen molar-refractivity contribution in [1.82, 2.24) is 4.90 Å². The minimum Gasteiger partial charge on any atom is -0.480 e. The van der Waals surface area contributed by atoms with Crippen molar-refractivity contribution in [3.05, 3.63) is 81.7 Å². The molecule has 0 amide bonds. The van der Waals surface area contributed by atoms with Gasteiger partial charge in [0.2, 0.25) is 0 Å². The highest BCUT2D eigenvalue weighted by atomic mass is 35.5. The monoisotopic (exact) mass is 541 g/mol. The second-order valence-electron chi connectivity index (χ2n) is 9.25. The fourth-order valence-corrected chi connectivity index (χ4v) is 6.42. The van der Waals surface area contributed by atoms with Crippen LogP contribution in [0.3, 0.4) is 0 Å². The van der Waals surface area contributed by atoms with Gasteiger partial charge in [0.1, 0.15) is 17.2 Å². The van der Waals surface area contributed by atoms with Crippen LogP contribution in [-0.2, 0) is 24.5 Å². The van der Waals surface area contributed by atoms with Crippen LogP contribution in [0.2, 0.25) is 5.02 Å². The van der Waals surface area contributed by atoms with Crippen LogP contribution in [0.1, 0.15) is 50.0 Å². The molecule has 1 N–H and O–H groups in total. The molecule has 0 aromatic heterocycles. The third-order valence-corrected chi connectivity index (χ3v) is 8.41. The van der Waals surface area contributed by atoms with Crippen molar-refractivity contribution < 1.29 is 32.1 Å². The van der Waals surface area contributed by atoms with Crippen LogP contribution in [0.5, 0.6) is 5.75 Å². The molecule has 0 fully saturated rings. The number of allylic oxidation sites excluding steroid dienone is 4. The molecule has 5 rings (SSSR count). The second kappa shape index (κ2) is 9.79. The van der Waals surface area contributed by atoms with E-state index in [1.807, 2.05) is 0 Å². The number of hydrogen-bond donors (Lipinski definition) is 1. The van der Waals surface area contributed by atoms with E-state index in [0.717, 1.165) is 0 Å². The Morgan fingerprint density at radius 3 is 1.95 bits per heavy atom. The first-order valence-electron chi connectivity index (χ1n) is 12.0. The van der Waals surface area contributed by atoms with Crippen LogP contribution in [0, 0.1) is 0 Å². The molecule has 0 bridgehead atoms. The minimum absolute atomic E-state index is 0.0445. The SMILES string of the molecule is O=C(O)CN1C2=C(C(=O)CCC2)C(c2ccc(OS(=O)(=O)c3ccc(Cl)cc3)cc2)C2=C1CCCC2=O. The van der Waals surface area contributed by atoms with Crippen molar-refractivity contribution in [3.63, 3.8) is 0 Å². The summed E-state index contributed by atoms with van der Waals surface area (Å²) in [4.78, 5) is 39.7. The van der Waals surface area contributed by atoms with E-state index in [4.69, 9.17) is 15.8 Å². The van der Waals surface area contributed by atoms with Crippen LogP contribution in [0.4, 0.5) is 0 Å². The fourth-order valence-electron chi connectivity index (χ4n) is 5.37. The van der Waals surface area contributed by atoms with Gasteiger partial charge in [-0.3, -0.25) is 14.4 Å². The summed E-state index contributed by atoms with van der Waals surface area (Å²) >= 11 is 5.84. The molecule has 0 saturated carbocycles. The number of nitrogens with zero attached hydrogens (tertiary/aromatic N) is 1. The molecular weight excluding hydrogens is 518 g/mol. The molecule has 1 heterocycles. The number of Topliss-reactive ketones (excluding diaryl/α,β-unsaturated/α-hetero) is 2. The molecule has 0 saturated heterocycles. The van der Waals surface area contributed by atoms with Gasteiger partial charge in [-0.25, -0.2) is 0 Å². The van der Waals surface area contributed by atoms with Crippen LogP contribution in [0.15, 0.2) is 76.0 Å². The third-order valence-electron chi connectivity index (χ3n) is 6.90. The van der Waals surface area contributed by atoms with E-state index in [-0.39, 0.29) is 28.8 Å². The molecule has 0 atom stereocenters. The Morgan fingerprint density at radius 1 is 0.892 bits per heavy atom. The van der Waals surface area contributed by atoms with E-state index in [1.165, 1.54) is 36.4 Å². The van der Waals surface area contributed by atoms with Crippen LogP contribution >= 0.6 is 11.6 Å². The Labute approximate surface area is 219 Å². The molecule has 0 spiro atoms. The predicted molar refractivity (Wildman–Crippen MR) is 135 cm³/mol. The molecule has 37 heavy (non-hydrogen) atoms. The lowest BCUT2D eigenvalue weighted by Gasteiger charge is -2.43. The van der Waals surface area contributed by atoms with E-state index in [0.29, 0.717) is 71.7 Å². The quantitative estimate of drug-likeness (QED) is 0.527. The Kier molecular flexibility index (Phi) is 6.68. The Hall–Kier alpha value is -3.43. The van der Waals surface area contributed by atoms with Gasteiger partial charge in [0.05, 0.1) is 0 Å². The fraction of sp³-hybridized carbons (Fsp3) is 0.296. The van der Waals surface area contributed by atoms with Crippen molar-refractivity contribution >= 4 is 39.3 Å². The highest BCUT2D eigenvalue weighted by Gasteiger charge is 2.43. The van der Waals surface area contributed by atoms with E-state index in [2.05, 4.69) is 0 Å². The van der Waals surface area contributed by atoms with Crippen LogP contribution < -0.4 is 4.18 Å². The van der Waals surface area contributed by atoms with Gasteiger partial charge < -0.3 is 14.2 Å². The van der Waals surface area contributed by atoms with Crippen molar-refractivity contribution in [3.8, 4) is 5.75 Å². The van der Waals surface area contributed by atoms with Gasteiger partial charge in [-0.05, 0) is 67.6 Å². The molecular formula is C27H24ClNO7S. The zero-order valence-electron chi connectivity index (χ0n) is 19.8. The number of ketones is 2. The molecule has 2 aliphatic carbocycles.